The second-order valence-electron chi connectivity index (χ2n) is 8.12. The van der Waals surface area contributed by atoms with E-state index in [2.05, 4.69) is 4.72 Å². The number of rotatable bonds is 6. The van der Waals surface area contributed by atoms with Gasteiger partial charge in [0.15, 0.2) is 11.5 Å². The third kappa shape index (κ3) is 4.85. The lowest BCUT2D eigenvalue weighted by molar-refractivity contribution is -0.917. The number of sulfonamides is 1. The predicted octanol–water partition coefficient (Wildman–Crippen LogP) is 2.47. The molecule has 11 heteroatoms. The molecular formula is C23H23ClN3O5S2+. The summed E-state index contributed by atoms with van der Waals surface area (Å²) in [5.41, 5.74) is 1.74. The average molecular weight is 521 g/mol. The fourth-order valence-corrected chi connectivity index (χ4v) is 6.67. The van der Waals surface area contributed by atoms with E-state index in [0.717, 1.165) is 48.0 Å². The first kappa shape index (κ1) is 23.0. The summed E-state index contributed by atoms with van der Waals surface area (Å²) in [4.78, 5) is 16.4. The third-order valence-electron chi connectivity index (χ3n) is 5.86. The van der Waals surface area contributed by atoms with E-state index in [0.29, 0.717) is 23.0 Å². The first-order valence-electron chi connectivity index (χ1n) is 10.8. The van der Waals surface area contributed by atoms with Gasteiger partial charge in [0.25, 0.3) is 15.9 Å². The lowest BCUT2D eigenvalue weighted by Gasteiger charge is -2.32. The fraction of sp³-hybridized carbons (Fsp3) is 0.261. The van der Waals surface area contributed by atoms with E-state index in [4.69, 9.17) is 21.1 Å². The van der Waals surface area contributed by atoms with Gasteiger partial charge in [0.05, 0.1) is 41.8 Å². The summed E-state index contributed by atoms with van der Waals surface area (Å²) in [5.74, 6) is 1.35. The number of hydrogen-bond donors (Lipinski definition) is 2. The fourth-order valence-electron chi connectivity index (χ4n) is 4.11. The highest BCUT2D eigenvalue weighted by atomic mass is 35.5. The maximum absolute atomic E-state index is 13.3. The van der Waals surface area contributed by atoms with Gasteiger partial charge in [0, 0.05) is 5.56 Å². The number of ether oxygens (including phenoxy) is 2. The van der Waals surface area contributed by atoms with Crippen molar-refractivity contribution in [2.24, 2.45) is 0 Å². The van der Waals surface area contributed by atoms with Crippen molar-refractivity contribution in [3.63, 3.8) is 0 Å². The van der Waals surface area contributed by atoms with E-state index in [1.54, 1.807) is 29.2 Å². The van der Waals surface area contributed by atoms with E-state index in [9.17, 15) is 13.2 Å². The summed E-state index contributed by atoms with van der Waals surface area (Å²) < 4.78 is 39.4. The van der Waals surface area contributed by atoms with Crippen LogP contribution in [0, 0.1) is 0 Å². The summed E-state index contributed by atoms with van der Waals surface area (Å²) in [7, 11) is -3.84. The molecule has 2 N–H and O–H groups in total. The minimum atomic E-state index is -3.84. The van der Waals surface area contributed by atoms with E-state index in [1.807, 2.05) is 18.2 Å². The molecule has 34 heavy (non-hydrogen) atoms. The number of carbonyl (C=O) groups is 1. The standard InChI is InChI=1S/C23H22ClN3O5S2/c24-21-7-8-22(33-21)34(29,30)25-18-4-2-1-3-17(18)23(28)27-11-9-26(10-12-27)14-16-5-6-19-20(13-16)32-15-31-19/h1-8,13,25H,9-12,14-15H2/p+1. The molecule has 2 aromatic carbocycles. The number of quaternary nitrogens is 1. The molecule has 0 radical (unpaired) electrons. The number of thiophene rings is 1. The predicted molar refractivity (Wildman–Crippen MR) is 129 cm³/mol. The van der Waals surface area contributed by atoms with E-state index in [1.165, 1.54) is 17.0 Å². The van der Waals surface area contributed by atoms with Crippen LogP contribution in [0.2, 0.25) is 4.34 Å². The van der Waals surface area contributed by atoms with Crippen LogP contribution in [-0.4, -0.2) is 52.2 Å². The van der Waals surface area contributed by atoms with Gasteiger partial charge in [-0.3, -0.25) is 9.52 Å². The van der Waals surface area contributed by atoms with Crippen molar-refractivity contribution in [3.8, 4) is 11.5 Å². The van der Waals surface area contributed by atoms with Gasteiger partial charge < -0.3 is 19.3 Å². The molecule has 0 unspecified atom stereocenters. The monoisotopic (exact) mass is 520 g/mol. The Balaban J connectivity index is 1.24. The highest BCUT2D eigenvalue weighted by Gasteiger charge is 2.28. The molecule has 2 aliphatic heterocycles. The first-order valence-corrected chi connectivity index (χ1v) is 13.5. The number of carbonyl (C=O) groups excluding carboxylic acids is 1. The lowest BCUT2D eigenvalue weighted by atomic mass is 10.1. The minimum Gasteiger partial charge on any atom is -0.454 e. The molecule has 5 rings (SSSR count). The first-order chi connectivity index (χ1) is 16.4. The molecule has 0 spiro atoms. The minimum absolute atomic E-state index is 0.0977. The number of nitrogens with zero attached hydrogens (tertiary/aromatic N) is 1. The summed E-state index contributed by atoms with van der Waals surface area (Å²) >= 11 is 6.86. The van der Waals surface area contributed by atoms with Crippen LogP contribution in [0.5, 0.6) is 11.5 Å². The van der Waals surface area contributed by atoms with Crippen LogP contribution in [0.25, 0.3) is 0 Å². The van der Waals surface area contributed by atoms with Crippen LogP contribution in [0.3, 0.4) is 0 Å². The summed E-state index contributed by atoms with van der Waals surface area (Å²) in [5, 5.41) is 0. The van der Waals surface area contributed by atoms with Crippen molar-refractivity contribution in [1.82, 2.24) is 4.90 Å². The summed E-state index contributed by atoms with van der Waals surface area (Å²) in [6.45, 7) is 3.84. The van der Waals surface area contributed by atoms with Crippen LogP contribution in [0.1, 0.15) is 15.9 Å². The molecule has 3 aromatic rings. The lowest BCUT2D eigenvalue weighted by Crippen LogP contribution is -3.13. The van der Waals surface area contributed by atoms with Crippen molar-refractivity contribution in [2.45, 2.75) is 10.8 Å². The van der Waals surface area contributed by atoms with Gasteiger partial charge in [-0.1, -0.05) is 23.7 Å². The molecule has 1 fully saturated rings. The van der Waals surface area contributed by atoms with Gasteiger partial charge >= 0.3 is 0 Å². The van der Waals surface area contributed by atoms with Crippen LogP contribution < -0.4 is 19.1 Å². The van der Waals surface area contributed by atoms with Crippen molar-refractivity contribution in [2.75, 3.05) is 37.7 Å². The molecule has 1 aromatic heterocycles. The average Bonchev–Trinajstić information content (AvgIpc) is 3.48. The molecule has 1 amide bonds. The molecule has 0 saturated carbocycles. The smallest absolute Gasteiger partial charge is 0.271 e. The van der Waals surface area contributed by atoms with Gasteiger partial charge in [-0.2, -0.15) is 0 Å². The Morgan fingerprint density at radius 2 is 1.82 bits per heavy atom. The Morgan fingerprint density at radius 3 is 2.59 bits per heavy atom. The highest BCUT2D eigenvalue weighted by Crippen LogP contribution is 2.32. The zero-order valence-electron chi connectivity index (χ0n) is 18.1. The van der Waals surface area contributed by atoms with Crippen molar-refractivity contribution < 1.29 is 27.6 Å². The van der Waals surface area contributed by atoms with Crippen molar-refractivity contribution in [3.05, 3.63) is 70.1 Å². The Hall–Kier alpha value is -2.79. The van der Waals surface area contributed by atoms with Gasteiger partial charge in [-0.05, 0) is 42.5 Å². The number of benzene rings is 2. The van der Waals surface area contributed by atoms with Crippen molar-refractivity contribution >= 4 is 44.6 Å². The third-order valence-corrected chi connectivity index (χ3v) is 8.95. The largest absolute Gasteiger partial charge is 0.454 e. The zero-order chi connectivity index (χ0) is 23.7. The molecule has 0 atom stereocenters. The molecule has 3 heterocycles. The molecule has 0 aliphatic carbocycles. The maximum Gasteiger partial charge on any atom is 0.271 e. The van der Waals surface area contributed by atoms with Crippen LogP contribution in [-0.2, 0) is 16.6 Å². The number of para-hydroxylation sites is 1. The van der Waals surface area contributed by atoms with Gasteiger partial charge in [0.1, 0.15) is 10.8 Å². The van der Waals surface area contributed by atoms with Crippen molar-refractivity contribution in [1.29, 1.82) is 0 Å². The van der Waals surface area contributed by atoms with Gasteiger partial charge in [0.2, 0.25) is 6.79 Å². The normalized spacial score (nSPS) is 16.0. The number of piperazine rings is 1. The van der Waals surface area contributed by atoms with E-state index >= 15 is 0 Å². The number of hydrogen-bond acceptors (Lipinski definition) is 6. The van der Waals surface area contributed by atoms with Gasteiger partial charge in [-0.15, -0.1) is 11.3 Å². The second kappa shape index (κ2) is 9.46. The Morgan fingerprint density at radius 1 is 1.06 bits per heavy atom. The molecule has 8 nitrogen and oxygen atoms in total. The van der Waals surface area contributed by atoms with Crippen LogP contribution in [0.15, 0.2) is 58.8 Å². The quantitative estimate of drug-likeness (QED) is 0.521. The summed E-state index contributed by atoms with van der Waals surface area (Å²) in [6, 6.07) is 15.6. The van der Waals surface area contributed by atoms with E-state index in [-0.39, 0.29) is 22.6 Å². The molecule has 2 aliphatic rings. The number of anilines is 1. The number of fused-ring (bicyclic) bond motifs is 1. The Kier molecular flexibility index (Phi) is 6.39. The zero-order valence-corrected chi connectivity index (χ0v) is 20.5. The highest BCUT2D eigenvalue weighted by molar-refractivity contribution is 7.94. The summed E-state index contributed by atoms with van der Waals surface area (Å²) in [6.07, 6.45) is 0. The molecule has 0 bridgehead atoms. The molecular weight excluding hydrogens is 498 g/mol. The molecule has 178 valence electrons. The topological polar surface area (TPSA) is 89.4 Å². The van der Waals surface area contributed by atoms with Crippen LogP contribution >= 0.6 is 22.9 Å². The maximum atomic E-state index is 13.3. The molecule has 1 saturated heterocycles. The van der Waals surface area contributed by atoms with E-state index < -0.39 is 10.0 Å². The Labute approximate surface area is 206 Å². The number of halogens is 1. The second-order valence-corrected chi connectivity index (χ2v) is 11.7. The van der Waals surface area contributed by atoms with Gasteiger partial charge in [-0.25, -0.2) is 8.42 Å². The number of nitrogens with one attached hydrogen (secondary N) is 2. The number of amides is 1. The van der Waals surface area contributed by atoms with Crippen LogP contribution in [0.4, 0.5) is 5.69 Å². The SMILES string of the molecule is O=C(c1ccccc1NS(=O)(=O)c1ccc(Cl)s1)N1CC[NH+](Cc2ccc3c(c2)OCO3)CC1. The Bertz CT molecular complexity index is 1320.